The summed E-state index contributed by atoms with van der Waals surface area (Å²) in [6, 6.07) is 0. The van der Waals surface area contributed by atoms with Gasteiger partial charge in [-0.3, -0.25) is 4.98 Å². The molecular formula is C12H19N3O3. The normalized spacial score (nSPS) is 16.7. The van der Waals surface area contributed by atoms with E-state index in [0.717, 1.165) is 19.6 Å². The first kappa shape index (κ1) is 12.9. The Bertz CT molecular complexity index is 457. The standard InChI is InChI=1S/C12H19N3O3/c1-18-11(16)10-9(13-12(17)14-10)5-8-15-6-3-2-4-7-15/h2-8H2,1H3,(H2,13,14,17). The summed E-state index contributed by atoms with van der Waals surface area (Å²) in [6.45, 7) is 3.06. The molecule has 0 aliphatic carbocycles. The monoisotopic (exact) mass is 253 g/mol. The number of imidazole rings is 1. The zero-order valence-corrected chi connectivity index (χ0v) is 10.6. The van der Waals surface area contributed by atoms with Crippen LogP contribution in [0.2, 0.25) is 0 Å². The molecule has 1 aromatic rings. The number of nitrogens with zero attached hydrogens (tertiary/aromatic N) is 1. The number of aromatic amines is 2. The Labute approximate surface area is 105 Å². The highest BCUT2D eigenvalue weighted by atomic mass is 16.5. The largest absolute Gasteiger partial charge is 0.464 e. The Morgan fingerprint density at radius 1 is 1.28 bits per heavy atom. The molecule has 6 heteroatoms. The van der Waals surface area contributed by atoms with Crippen molar-refractivity contribution < 1.29 is 9.53 Å². The molecule has 6 nitrogen and oxygen atoms in total. The molecule has 1 aromatic heterocycles. The fraction of sp³-hybridized carbons (Fsp3) is 0.667. The average Bonchev–Trinajstić information content (AvgIpc) is 2.78. The highest BCUT2D eigenvalue weighted by Crippen LogP contribution is 2.10. The second-order valence-corrected chi connectivity index (χ2v) is 4.58. The molecule has 1 aliphatic rings. The third-order valence-corrected chi connectivity index (χ3v) is 3.32. The van der Waals surface area contributed by atoms with Crippen molar-refractivity contribution in [2.24, 2.45) is 0 Å². The Kier molecular flexibility index (Phi) is 4.19. The molecule has 0 amide bonds. The number of piperidine rings is 1. The number of carbonyl (C=O) groups is 1. The second kappa shape index (κ2) is 5.86. The number of rotatable bonds is 4. The lowest BCUT2D eigenvalue weighted by atomic mass is 10.1. The first-order valence-electron chi connectivity index (χ1n) is 6.32. The molecule has 2 N–H and O–H groups in total. The number of hydrogen-bond donors (Lipinski definition) is 2. The van der Waals surface area contributed by atoms with Crippen LogP contribution in [0.15, 0.2) is 4.79 Å². The maximum atomic E-state index is 11.5. The quantitative estimate of drug-likeness (QED) is 0.767. The minimum absolute atomic E-state index is 0.250. The molecule has 0 bridgehead atoms. The number of methoxy groups -OCH3 is 1. The molecule has 2 rings (SSSR count). The number of esters is 1. The van der Waals surface area contributed by atoms with Crippen LogP contribution in [0.1, 0.15) is 35.4 Å². The summed E-state index contributed by atoms with van der Waals surface area (Å²) >= 11 is 0. The molecule has 100 valence electrons. The number of nitrogens with one attached hydrogen (secondary N) is 2. The molecule has 0 saturated carbocycles. The van der Waals surface area contributed by atoms with E-state index in [9.17, 15) is 9.59 Å². The van der Waals surface area contributed by atoms with E-state index >= 15 is 0 Å². The minimum Gasteiger partial charge on any atom is -0.464 e. The minimum atomic E-state index is -0.498. The van der Waals surface area contributed by atoms with E-state index in [-0.39, 0.29) is 11.4 Å². The van der Waals surface area contributed by atoms with Crippen LogP contribution in [-0.4, -0.2) is 47.6 Å². The topological polar surface area (TPSA) is 78.2 Å². The average molecular weight is 253 g/mol. The zero-order chi connectivity index (χ0) is 13.0. The number of H-pyrrole nitrogens is 2. The summed E-state index contributed by atoms with van der Waals surface area (Å²) in [6.07, 6.45) is 4.41. The van der Waals surface area contributed by atoms with E-state index in [1.807, 2.05) is 0 Å². The SMILES string of the molecule is COC(=O)c1[nH]c(=O)[nH]c1CCN1CCCCC1. The van der Waals surface area contributed by atoms with E-state index in [1.165, 1.54) is 26.4 Å². The molecule has 0 atom stereocenters. The number of likely N-dealkylation sites (tertiary alicyclic amines) is 1. The van der Waals surface area contributed by atoms with Gasteiger partial charge in [0.15, 0.2) is 0 Å². The lowest BCUT2D eigenvalue weighted by molar-refractivity contribution is 0.0593. The zero-order valence-electron chi connectivity index (χ0n) is 10.6. The first-order chi connectivity index (χ1) is 8.70. The summed E-state index contributed by atoms with van der Waals surface area (Å²) in [5, 5.41) is 0. The molecule has 1 aliphatic heterocycles. The third-order valence-electron chi connectivity index (χ3n) is 3.32. The summed E-state index contributed by atoms with van der Waals surface area (Å²) in [4.78, 5) is 30.2. The number of carbonyl (C=O) groups excluding carboxylic acids is 1. The van der Waals surface area contributed by atoms with Gasteiger partial charge in [-0.2, -0.15) is 0 Å². The van der Waals surface area contributed by atoms with Crippen molar-refractivity contribution in [2.75, 3.05) is 26.7 Å². The van der Waals surface area contributed by atoms with Crippen molar-refractivity contribution in [1.29, 1.82) is 0 Å². The van der Waals surface area contributed by atoms with Crippen molar-refractivity contribution >= 4 is 5.97 Å². The van der Waals surface area contributed by atoms with Gasteiger partial charge in [0.1, 0.15) is 5.69 Å². The van der Waals surface area contributed by atoms with Crippen LogP contribution in [0.4, 0.5) is 0 Å². The van der Waals surface area contributed by atoms with Gasteiger partial charge in [-0.15, -0.1) is 0 Å². The summed E-state index contributed by atoms with van der Waals surface area (Å²) in [7, 11) is 1.31. The Hall–Kier alpha value is -1.56. The Balaban J connectivity index is 1.99. The van der Waals surface area contributed by atoms with Gasteiger partial charge in [0.2, 0.25) is 0 Å². The van der Waals surface area contributed by atoms with Crippen molar-refractivity contribution in [2.45, 2.75) is 25.7 Å². The lowest BCUT2D eigenvalue weighted by Gasteiger charge is -2.26. The fourth-order valence-electron chi connectivity index (χ4n) is 2.34. The molecule has 1 fully saturated rings. The van der Waals surface area contributed by atoms with Crippen LogP contribution >= 0.6 is 0 Å². The lowest BCUT2D eigenvalue weighted by Crippen LogP contribution is -2.31. The third kappa shape index (κ3) is 3.01. The molecule has 0 spiro atoms. The summed E-state index contributed by atoms with van der Waals surface area (Å²) < 4.78 is 4.64. The van der Waals surface area contributed by atoms with E-state index in [2.05, 4.69) is 19.6 Å². The fourth-order valence-corrected chi connectivity index (χ4v) is 2.34. The van der Waals surface area contributed by atoms with Crippen LogP contribution < -0.4 is 5.69 Å². The molecular weight excluding hydrogens is 234 g/mol. The van der Waals surface area contributed by atoms with Crippen LogP contribution in [0.25, 0.3) is 0 Å². The first-order valence-corrected chi connectivity index (χ1v) is 6.32. The van der Waals surface area contributed by atoms with Gasteiger partial charge in [0, 0.05) is 13.0 Å². The maximum absolute atomic E-state index is 11.5. The van der Waals surface area contributed by atoms with Crippen LogP contribution in [-0.2, 0) is 11.2 Å². The van der Waals surface area contributed by atoms with Crippen LogP contribution in [0.3, 0.4) is 0 Å². The van der Waals surface area contributed by atoms with E-state index in [1.54, 1.807) is 0 Å². The van der Waals surface area contributed by atoms with Crippen molar-refractivity contribution in [3.05, 3.63) is 21.9 Å². The molecule has 2 heterocycles. The van der Waals surface area contributed by atoms with Gasteiger partial charge in [0.05, 0.1) is 12.8 Å². The number of aromatic nitrogens is 2. The molecule has 18 heavy (non-hydrogen) atoms. The smallest absolute Gasteiger partial charge is 0.356 e. The van der Waals surface area contributed by atoms with Gasteiger partial charge < -0.3 is 14.6 Å². The van der Waals surface area contributed by atoms with E-state index in [4.69, 9.17) is 0 Å². The van der Waals surface area contributed by atoms with Gasteiger partial charge in [-0.05, 0) is 25.9 Å². The van der Waals surface area contributed by atoms with Gasteiger partial charge in [0.25, 0.3) is 0 Å². The maximum Gasteiger partial charge on any atom is 0.356 e. The predicted molar refractivity (Wildman–Crippen MR) is 66.7 cm³/mol. The Morgan fingerprint density at radius 2 is 2.00 bits per heavy atom. The molecule has 1 saturated heterocycles. The highest BCUT2D eigenvalue weighted by Gasteiger charge is 2.17. The number of hydrogen-bond acceptors (Lipinski definition) is 4. The van der Waals surface area contributed by atoms with Gasteiger partial charge in [-0.25, -0.2) is 9.59 Å². The predicted octanol–water partition coefficient (Wildman–Crippen LogP) is 0.518. The second-order valence-electron chi connectivity index (χ2n) is 4.58. The van der Waals surface area contributed by atoms with Crippen LogP contribution in [0.5, 0.6) is 0 Å². The van der Waals surface area contributed by atoms with Crippen LogP contribution in [0, 0.1) is 0 Å². The van der Waals surface area contributed by atoms with E-state index < -0.39 is 5.97 Å². The number of ether oxygens (including phenoxy) is 1. The highest BCUT2D eigenvalue weighted by molar-refractivity contribution is 5.88. The molecule has 0 radical (unpaired) electrons. The van der Waals surface area contributed by atoms with Crippen molar-refractivity contribution in [1.82, 2.24) is 14.9 Å². The molecule has 0 unspecified atom stereocenters. The summed E-state index contributed by atoms with van der Waals surface area (Å²) in [5.41, 5.74) is 0.529. The van der Waals surface area contributed by atoms with Crippen molar-refractivity contribution in [3.8, 4) is 0 Å². The van der Waals surface area contributed by atoms with Crippen molar-refractivity contribution in [3.63, 3.8) is 0 Å². The van der Waals surface area contributed by atoms with E-state index in [0.29, 0.717) is 12.1 Å². The Morgan fingerprint density at radius 3 is 2.67 bits per heavy atom. The van der Waals surface area contributed by atoms with Gasteiger partial charge >= 0.3 is 11.7 Å². The summed E-state index contributed by atoms with van der Waals surface area (Å²) in [5.74, 6) is -0.498. The molecule has 0 aromatic carbocycles. The van der Waals surface area contributed by atoms with Gasteiger partial charge in [-0.1, -0.05) is 6.42 Å².